The molecule has 3 nitrogen and oxygen atoms in total. The number of aliphatic carboxylic acids is 1. The van der Waals surface area contributed by atoms with Crippen molar-refractivity contribution in [1.29, 1.82) is 0 Å². The minimum Gasteiger partial charge on any atom is -0.479 e. The molecule has 0 aliphatic heterocycles. The Hall–Kier alpha value is -0.580. The van der Waals surface area contributed by atoms with E-state index in [1.54, 1.807) is 11.4 Å². The van der Waals surface area contributed by atoms with Crippen LogP contribution in [-0.4, -0.2) is 21.8 Å². The zero-order chi connectivity index (χ0) is 10.1. The molecule has 1 rings (SSSR count). The zero-order valence-corrected chi connectivity index (χ0v) is 8.52. The second kappa shape index (κ2) is 3.65. The normalized spacial score (nSPS) is 15.3. The minimum absolute atomic E-state index is 0.0831. The smallest absolute Gasteiger partial charge is 0.335 e. The van der Waals surface area contributed by atoms with Gasteiger partial charge in [-0.3, -0.25) is 0 Å². The molecule has 0 fully saturated rings. The van der Waals surface area contributed by atoms with Crippen molar-refractivity contribution in [3.63, 3.8) is 0 Å². The van der Waals surface area contributed by atoms with Gasteiger partial charge in [-0.15, -0.1) is 11.3 Å². The average molecular weight is 221 g/mol. The summed E-state index contributed by atoms with van der Waals surface area (Å²) in [5, 5.41) is 20.3. The van der Waals surface area contributed by atoms with Gasteiger partial charge in [-0.25, -0.2) is 4.79 Å². The molecule has 2 N–H and O–H groups in total. The molecule has 1 aromatic rings. The Morgan fingerprint density at radius 1 is 1.77 bits per heavy atom. The van der Waals surface area contributed by atoms with Gasteiger partial charge in [0.05, 0.1) is 5.02 Å². The van der Waals surface area contributed by atoms with E-state index in [1.165, 1.54) is 18.3 Å². The van der Waals surface area contributed by atoms with Crippen LogP contribution in [0.1, 0.15) is 11.8 Å². The molecule has 0 radical (unpaired) electrons. The van der Waals surface area contributed by atoms with Crippen molar-refractivity contribution in [2.45, 2.75) is 18.9 Å². The molecule has 0 amide bonds. The van der Waals surface area contributed by atoms with Gasteiger partial charge < -0.3 is 10.2 Å². The van der Waals surface area contributed by atoms with Crippen molar-refractivity contribution in [2.75, 3.05) is 0 Å². The number of thiophene rings is 1. The van der Waals surface area contributed by atoms with Gasteiger partial charge in [0.15, 0.2) is 5.60 Å². The fourth-order valence-corrected chi connectivity index (χ4v) is 2.08. The summed E-state index contributed by atoms with van der Waals surface area (Å²) < 4.78 is 0. The average Bonchev–Trinajstić information content (AvgIpc) is 2.34. The highest BCUT2D eigenvalue weighted by Gasteiger charge is 2.30. The highest BCUT2D eigenvalue weighted by atomic mass is 35.5. The molecule has 1 aromatic heterocycles. The van der Waals surface area contributed by atoms with E-state index in [0.29, 0.717) is 5.02 Å². The second-order valence-corrected chi connectivity index (χ2v) is 4.42. The van der Waals surface area contributed by atoms with E-state index in [2.05, 4.69) is 0 Å². The highest BCUT2D eigenvalue weighted by Crippen LogP contribution is 2.23. The number of aliphatic hydroxyl groups is 1. The van der Waals surface area contributed by atoms with Crippen molar-refractivity contribution in [1.82, 2.24) is 0 Å². The highest BCUT2D eigenvalue weighted by molar-refractivity contribution is 7.10. The van der Waals surface area contributed by atoms with Crippen molar-refractivity contribution in [3.05, 3.63) is 21.3 Å². The molecule has 1 atom stereocenters. The minimum atomic E-state index is -1.71. The Bertz CT molecular complexity index is 319. The van der Waals surface area contributed by atoms with Gasteiger partial charge >= 0.3 is 5.97 Å². The molecular weight excluding hydrogens is 212 g/mol. The molecule has 13 heavy (non-hydrogen) atoms. The van der Waals surface area contributed by atoms with Gasteiger partial charge in [0, 0.05) is 16.7 Å². The summed E-state index contributed by atoms with van der Waals surface area (Å²) in [7, 11) is 0. The monoisotopic (exact) mass is 220 g/mol. The lowest BCUT2D eigenvalue weighted by Gasteiger charge is -2.15. The predicted octanol–water partition coefficient (Wildman–Crippen LogP) is 1.78. The molecular formula is C8H9ClO3S. The van der Waals surface area contributed by atoms with Crippen LogP contribution in [0.2, 0.25) is 5.02 Å². The third kappa shape index (κ3) is 2.69. The first kappa shape index (κ1) is 10.5. The first-order valence-corrected chi connectivity index (χ1v) is 4.86. The molecule has 0 spiro atoms. The molecule has 0 saturated heterocycles. The number of carboxylic acids is 1. The number of rotatable bonds is 3. The summed E-state index contributed by atoms with van der Waals surface area (Å²) in [4.78, 5) is 11.3. The summed E-state index contributed by atoms with van der Waals surface area (Å²) >= 11 is 6.99. The Morgan fingerprint density at radius 3 is 2.77 bits per heavy atom. The molecule has 0 saturated carbocycles. The Kier molecular flexibility index (Phi) is 2.95. The van der Waals surface area contributed by atoms with Crippen LogP contribution in [0, 0.1) is 0 Å². The van der Waals surface area contributed by atoms with Gasteiger partial charge in [0.25, 0.3) is 0 Å². The lowest BCUT2D eigenvalue weighted by atomic mass is 10.0. The fraction of sp³-hybridized carbons (Fsp3) is 0.375. The summed E-state index contributed by atoms with van der Waals surface area (Å²) in [6.45, 7) is 1.27. The lowest BCUT2D eigenvalue weighted by molar-refractivity contribution is -0.156. The van der Waals surface area contributed by atoms with Gasteiger partial charge in [-0.05, 0) is 13.0 Å². The van der Waals surface area contributed by atoms with Crippen molar-refractivity contribution in [3.8, 4) is 0 Å². The topological polar surface area (TPSA) is 57.5 Å². The van der Waals surface area contributed by atoms with Crippen LogP contribution in [0.3, 0.4) is 0 Å². The molecule has 0 aliphatic rings. The van der Waals surface area contributed by atoms with Crippen LogP contribution in [0.5, 0.6) is 0 Å². The standard InChI is InChI=1S/C8H9ClO3S/c1-8(12,7(10)11)3-6-2-5(9)4-13-6/h2,4,12H,3H2,1H3,(H,10,11). The summed E-state index contributed by atoms with van der Waals surface area (Å²) in [5.74, 6) is -1.22. The van der Waals surface area contributed by atoms with Crippen LogP contribution >= 0.6 is 22.9 Å². The molecule has 0 bridgehead atoms. The van der Waals surface area contributed by atoms with Gasteiger partial charge in [0.2, 0.25) is 0 Å². The van der Waals surface area contributed by atoms with E-state index in [9.17, 15) is 9.90 Å². The molecule has 5 heteroatoms. The lowest BCUT2D eigenvalue weighted by Crippen LogP contribution is -2.36. The summed E-state index contributed by atoms with van der Waals surface area (Å²) in [6.07, 6.45) is 0.0831. The van der Waals surface area contributed by atoms with Crippen LogP contribution in [0.25, 0.3) is 0 Å². The van der Waals surface area contributed by atoms with E-state index >= 15 is 0 Å². The first-order chi connectivity index (χ1) is 5.92. The largest absolute Gasteiger partial charge is 0.479 e. The Morgan fingerprint density at radius 2 is 2.38 bits per heavy atom. The zero-order valence-electron chi connectivity index (χ0n) is 6.95. The Labute approximate surface area is 84.6 Å². The number of hydrogen-bond donors (Lipinski definition) is 2. The molecule has 0 aromatic carbocycles. The Balaban J connectivity index is 2.74. The van der Waals surface area contributed by atoms with Crippen molar-refractivity contribution in [2.24, 2.45) is 0 Å². The van der Waals surface area contributed by atoms with E-state index in [4.69, 9.17) is 16.7 Å². The van der Waals surface area contributed by atoms with Crippen LogP contribution in [0.15, 0.2) is 11.4 Å². The van der Waals surface area contributed by atoms with Gasteiger partial charge in [0.1, 0.15) is 0 Å². The van der Waals surface area contributed by atoms with Crippen molar-refractivity contribution >= 4 is 28.9 Å². The van der Waals surface area contributed by atoms with E-state index in [-0.39, 0.29) is 6.42 Å². The van der Waals surface area contributed by atoms with Gasteiger partial charge in [-0.1, -0.05) is 11.6 Å². The third-order valence-corrected chi connectivity index (χ3v) is 2.89. The van der Waals surface area contributed by atoms with Crippen molar-refractivity contribution < 1.29 is 15.0 Å². The number of carboxylic acid groups (broad SMARTS) is 1. The maximum absolute atomic E-state index is 10.6. The maximum Gasteiger partial charge on any atom is 0.335 e. The third-order valence-electron chi connectivity index (χ3n) is 1.60. The van der Waals surface area contributed by atoms with E-state index in [0.717, 1.165) is 4.88 Å². The first-order valence-electron chi connectivity index (χ1n) is 3.60. The quantitative estimate of drug-likeness (QED) is 0.817. The molecule has 1 unspecified atom stereocenters. The number of hydrogen-bond acceptors (Lipinski definition) is 3. The molecule has 72 valence electrons. The maximum atomic E-state index is 10.6. The predicted molar refractivity (Wildman–Crippen MR) is 51.3 cm³/mol. The van der Waals surface area contributed by atoms with E-state index in [1.807, 2.05) is 0 Å². The molecule has 0 aliphatic carbocycles. The molecule has 1 heterocycles. The number of halogens is 1. The fourth-order valence-electron chi connectivity index (χ4n) is 0.861. The van der Waals surface area contributed by atoms with Gasteiger partial charge in [-0.2, -0.15) is 0 Å². The van der Waals surface area contributed by atoms with E-state index < -0.39 is 11.6 Å². The SMILES string of the molecule is CC(O)(Cc1cc(Cl)cs1)C(=O)O. The summed E-state index contributed by atoms with van der Waals surface area (Å²) in [6, 6.07) is 1.66. The number of carbonyl (C=O) groups is 1. The van der Waals surface area contributed by atoms with Crippen LogP contribution in [0.4, 0.5) is 0 Å². The summed E-state index contributed by atoms with van der Waals surface area (Å²) in [5.41, 5.74) is -1.71. The second-order valence-electron chi connectivity index (χ2n) is 2.99. The van der Waals surface area contributed by atoms with Crippen LogP contribution < -0.4 is 0 Å². The van der Waals surface area contributed by atoms with Crippen LogP contribution in [-0.2, 0) is 11.2 Å².